The molecule has 0 aliphatic carbocycles. The average molecular weight is 466 g/mol. The molecule has 28 heavy (non-hydrogen) atoms. The van der Waals surface area contributed by atoms with Gasteiger partial charge in [-0.1, -0.05) is 18.2 Å². The Morgan fingerprint density at radius 2 is 1.89 bits per heavy atom. The van der Waals surface area contributed by atoms with Crippen molar-refractivity contribution in [1.29, 1.82) is 0 Å². The molecule has 2 aromatic carbocycles. The number of ether oxygens (including phenoxy) is 1. The highest BCUT2D eigenvalue weighted by Crippen LogP contribution is 2.25. The van der Waals surface area contributed by atoms with Gasteiger partial charge >= 0.3 is 0 Å². The van der Waals surface area contributed by atoms with E-state index in [1.54, 1.807) is 6.07 Å². The van der Waals surface area contributed by atoms with Gasteiger partial charge in [-0.15, -0.1) is 0 Å². The first kappa shape index (κ1) is 21.5. The molecule has 0 aliphatic heterocycles. The molecule has 2 amide bonds. The molecule has 0 unspecified atom stereocenters. The standard InChI is InChI=1S/C19H17BrFN3O3S/c1-12-2-8-16(15(20)10-12)27-11-18(26)23-24-19(28)22-17(25)9-5-13-3-6-14(21)7-4-13/h2-10H,11H2,1H3,(H,23,26)(H2,22,24,25,28). The van der Waals surface area contributed by atoms with E-state index in [2.05, 4.69) is 32.1 Å². The molecular weight excluding hydrogens is 449 g/mol. The predicted octanol–water partition coefficient (Wildman–Crippen LogP) is 3.01. The van der Waals surface area contributed by atoms with Gasteiger partial charge in [-0.05, 0) is 76.5 Å². The fraction of sp³-hybridized carbons (Fsp3) is 0.105. The fourth-order valence-electron chi connectivity index (χ4n) is 1.96. The zero-order chi connectivity index (χ0) is 20.5. The molecule has 0 aromatic heterocycles. The van der Waals surface area contributed by atoms with Crippen molar-refractivity contribution >= 4 is 51.2 Å². The highest BCUT2D eigenvalue weighted by molar-refractivity contribution is 9.10. The Morgan fingerprint density at radius 1 is 1.18 bits per heavy atom. The van der Waals surface area contributed by atoms with Crippen LogP contribution in [0.3, 0.4) is 0 Å². The van der Waals surface area contributed by atoms with Gasteiger partial charge in [0.1, 0.15) is 11.6 Å². The summed E-state index contributed by atoms with van der Waals surface area (Å²) < 4.78 is 19.0. The highest BCUT2D eigenvalue weighted by Gasteiger charge is 2.07. The zero-order valence-corrected chi connectivity index (χ0v) is 17.2. The molecular formula is C19H17BrFN3O3S. The van der Waals surface area contributed by atoms with Crippen LogP contribution in [0.2, 0.25) is 0 Å². The van der Waals surface area contributed by atoms with Crippen molar-refractivity contribution in [2.75, 3.05) is 6.61 Å². The van der Waals surface area contributed by atoms with Gasteiger partial charge < -0.3 is 4.74 Å². The second kappa shape index (κ2) is 10.5. The van der Waals surface area contributed by atoms with Gasteiger partial charge in [0, 0.05) is 6.08 Å². The maximum Gasteiger partial charge on any atom is 0.276 e. The van der Waals surface area contributed by atoms with Gasteiger partial charge in [-0.3, -0.25) is 25.8 Å². The summed E-state index contributed by atoms with van der Waals surface area (Å²) in [6.45, 7) is 1.70. The quantitative estimate of drug-likeness (QED) is 0.359. The molecule has 3 N–H and O–H groups in total. The van der Waals surface area contributed by atoms with Crippen LogP contribution in [-0.2, 0) is 9.59 Å². The van der Waals surface area contributed by atoms with Crippen LogP contribution in [0.5, 0.6) is 5.75 Å². The first-order valence-corrected chi connectivity index (χ1v) is 9.26. The Morgan fingerprint density at radius 3 is 2.57 bits per heavy atom. The minimum atomic E-state index is -0.504. The van der Waals surface area contributed by atoms with E-state index in [1.807, 2.05) is 19.1 Å². The van der Waals surface area contributed by atoms with Crippen LogP contribution < -0.4 is 20.9 Å². The van der Waals surface area contributed by atoms with Gasteiger partial charge in [0.2, 0.25) is 5.91 Å². The number of halogens is 2. The third kappa shape index (κ3) is 7.45. The van der Waals surface area contributed by atoms with Crippen LogP contribution in [-0.4, -0.2) is 23.5 Å². The van der Waals surface area contributed by atoms with Gasteiger partial charge in [0.25, 0.3) is 5.91 Å². The number of hydrogen-bond donors (Lipinski definition) is 3. The molecule has 0 atom stereocenters. The van der Waals surface area contributed by atoms with Gasteiger partial charge in [0.15, 0.2) is 11.7 Å². The molecule has 2 aromatic rings. The van der Waals surface area contributed by atoms with Gasteiger partial charge in [0.05, 0.1) is 4.47 Å². The summed E-state index contributed by atoms with van der Waals surface area (Å²) in [5.74, 6) is -0.814. The lowest BCUT2D eigenvalue weighted by Gasteiger charge is -2.11. The topological polar surface area (TPSA) is 79.5 Å². The summed E-state index contributed by atoms with van der Waals surface area (Å²) in [6.07, 6.45) is 2.74. The van der Waals surface area contributed by atoms with E-state index < -0.39 is 11.8 Å². The lowest BCUT2D eigenvalue weighted by Crippen LogP contribution is -2.49. The van der Waals surface area contributed by atoms with Crippen LogP contribution in [0.4, 0.5) is 4.39 Å². The summed E-state index contributed by atoms with van der Waals surface area (Å²) in [5, 5.41) is 2.28. The Kier molecular flexibility index (Phi) is 8.09. The first-order chi connectivity index (χ1) is 13.3. The summed E-state index contributed by atoms with van der Waals surface area (Å²) in [4.78, 5) is 23.6. The highest BCUT2D eigenvalue weighted by atomic mass is 79.9. The number of aryl methyl sites for hydroxylation is 1. The Bertz CT molecular complexity index is 904. The van der Waals surface area contributed by atoms with Crippen molar-refractivity contribution in [1.82, 2.24) is 16.2 Å². The number of hydrogen-bond acceptors (Lipinski definition) is 4. The van der Waals surface area contributed by atoms with Gasteiger partial charge in [-0.2, -0.15) is 0 Å². The minimum absolute atomic E-state index is 0.0846. The third-order valence-corrected chi connectivity index (χ3v) is 4.12. The second-order valence-corrected chi connectivity index (χ2v) is 6.86. The van der Waals surface area contributed by atoms with E-state index in [0.29, 0.717) is 11.3 Å². The maximum atomic E-state index is 12.8. The molecule has 6 nitrogen and oxygen atoms in total. The van der Waals surface area contributed by atoms with Crippen LogP contribution >= 0.6 is 28.1 Å². The van der Waals surface area contributed by atoms with Crippen molar-refractivity contribution in [3.05, 3.63) is 70.0 Å². The Balaban J connectivity index is 1.71. The zero-order valence-electron chi connectivity index (χ0n) is 14.8. The van der Waals surface area contributed by atoms with Crippen molar-refractivity contribution in [3.63, 3.8) is 0 Å². The monoisotopic (exact) mass is 465 g/mol. The van der Waals surface area contributed by atoms with Crippen molar-refractivity contribution in [2.24, 2.45) is 0 Å². The number of thiocarbonyl (C=S) groups is 1. The molecule has 0 aliphatic rings. The van der Waals surface area contributed by atoms with E-state index in [-0.39, 0.29) is 17.5 Å². The molecule has 0 spiro atoms. The number of amides is 2. The number of carbonyl (C=O) groups excluding carboxylic acids is 2. The van der Waals surface area contributed by atoms with E-state index in [9.17, 15) is 14.0 Å². The average Bonchev–Trinajstić information content (AvgIpc) is 2.65. The van der Waals surface area contributed by atoms with E-state index in [4.69, 9.17) is 17.0 Å². The lowest BCUT2D eigenvalue weighted by atomic mass is 10.2. The van der Waals surface area contributed by atoms with Crippen LogP contribution in [0.15, 0.2) is 53.0 Å². The Hall–Kier alpha value is -2.78. The summed E-state index contributed by atoms with van der Waals surface area (Å²) in [7, 11) is 0. The number of rotatable bonds is 5. The van der Waals surface area contributed by atoms with E-state index >= 15 is 0 Å². The lowest BCUT2D eigenvalue weighted by molar-refractivity contribution is -0.123. The maximum absolute atomic E-state index is 12.8. The van der Waals surface area contributed by atoms with Crippen LogP contribution in [0.25, 0.3) is 6.08 Å². The molecule has 0 bridgehead atoms. The number of hydrazine groups is 1. The molecule has 0 radical (unpaired) electrons. The predicted molar refractivity (Wildman–Crippen MR) is 112 cm³/mol. The largest absolute Gasteiger partial charge is 0.483 e. The Labute approximate surface area is 175 Å². The summed E-state index contributed by atoms with van der Waals surface area (Å²) in [5.41, 5.74) is 6.43. The van der Waals surface area contributed by atoms with Crippen LogP contribution in [0.1, 0.15) is 11.1 Å². The SMILES string of the molecule is Cc1ccc(OCC(=O)NNC(=S)NC(=O)C=Cc2ccc(F)cc2)c(Br)c1. The van der Waals surface area contributed by atoms with Crippen molar-refractivity contribution in [3.8, 4) is 5.75 Å². The molecule has 2 rings (SSSR count). The number of nitrogens with one attached hydrogen (secondary N) is 3. The molecule has 0 saturated carbocycles. The minimum Gasteiger partial charge on any atom is -0.483 e. The van der Waals surface area contributed by atoms with Gasteiger partial charge in [-0.25, -0.2) is 4.39 Å². The third-order valence-electron chi connectivity index (χ3n) is 3.30. The van der Waals surface area contributed by atoms with E-state index in [1.165, 1.54) is 36.4 Å². The number of carbonyl (C=O) groups is 2. The second-order valence-electron chi connectivity index (χ2n) is 5.60. The molecule has 0 fully saturated rings. The normalized spacial score (nSPS) is 10.4. The first-order valence-electron chi connectivity index (χ1n) is 8.06. The molecule has 0 saturated heterocycles. The van der Waals surface area contributed by atoms with Crippen LogP contribution in [0, 0.1) is 12.7 Å². The molecule has 0 heterocycles. The van der Waals surface area contributed by atoms with Crippen molar-refractivity contribution < 1.29 is 18.7 Å². The summed E-state index contributed by atoms with van der Waals surface area (Å²) in [6, 6.07) is 11.1. The van der Waals surface area contributed by atoms with Crippen molar-refractivity contribution in [2.45, 2.75) is 6.92 Å². The van der Waals surface area contributed by atoms with E-state index in [0.717, 1.165) is 10.0 Å². The summed E-state index contributed by atoms with van der Waals surface area (Å²) >= 11 is 8.28. The smallest absolute Gasteiger partial charge is 0.276 e. The number of benzene rings is 2. The molecule has 9 heteroatoms. The molecule has 146 valence electrons. The fourth-order valence-corrected chi connectivity index (χ4v) is 2.72.